The first-order valence-electron chi connectivity index (χ1n) is 5.26. The predicted octanol–water partition coefficient (Wildman–Crippen LogP) is 0.305. The standard InChI is InChI=1S/C10H19NO3S/c1-14-7-8-5-9(12)6-11(8)10(13)3-2-4-15/h8-9,12,15H,2-7H2,1H3/t8-,9+/m1/s1. The highest BCUT2D eigenvalue weighted by Crippen LogP contribution is 2.19. The molecule has 1 fully saturated rings. The number of carbonyl (C=O) groups excluding carboxylic acids is 1. The maximum atomic E-state index is 11.8. The van der Waals surface area contributed by atoms with Gasteiger partial charge in [-0.25, -0.2) is 0 Å². The van der Waals surface area contributed by atoms with Crippen molar-refractivity contribution in [2.75, 3.05) is 26.0 Å². The van der Waals surface area contributed by atoms with Crippen LogP contribution in [0.5, 0.6) is 0 Å². The van der Waals surface area contributed by atoms with Crippen molar-refractivity contribution < 1.29 is 14.6 Å². The SMILES string of the molecule is COC[C@H]1C[C@H](O)CN1C(=O)CCCS. The van der Waals surface area contributed by atoms with Crippen LogP contribution in [0.3, 0.4) is 0 Å². The van der Waals surface area contributed by atoms with Crippen LogP contribution in [0.15, 0.2) is 0 Å². The molecule has 1 amide bonds. The number of aliphatic hydroxyl groups excluding tert-OH is 1. The molecule has 0 aromatic carbocycles. The number of rotatable bonds is 5. The first kappa shape index (κ1) is 12.8. The summed E-state index contributed by atoms with van der Waals surface area (Å²) < 4.78 is 5.04. The normalized spacial score (nSPS) is 25.9. The lowest BCUT2D eigenvalue weighted by atomic mass is 10.2. The Morgan fingerprint density at radius 3 is 3.00 bits per heavy atom. The second kappa shape index (κ2) is 6.35. The maximum Gasteiger partial charge on any atom is 0.223 e. The Bertz CT molecular complexity index is 213. The van der Waals surface area contributed by atoms with E-state index in [2.05, 4.69) is 12.6 Å². The van der Waals surface area contributed by atoms with E-state index in [1.54, 1.807) is 12.0 Å². The van der Waals surface area contributed by atoms with Gasteiger partial charge < -0.3 is 14.7 Å². The fourth-order valence-corrected chi connectivity index (χ4v) is 2.08. The number of β-amino-alcohol motifs (C(OH)–C–C–N with tert-alkyl or cyclic N) is 1. The van der Waals surface area contributed by atoms with Crippen LogP contribution in [-0.4, -0.2) is 54.1 Å². The third-order valence-corrected chi connectivity index (χ3v) is 2.94. The largest absolute Gasteiger partial charge is 0.391 e. The molecule has 1 heterocycles. The Labute approximate surface area is 96.0 Å². The minimum absolute atomic E-state index is 0.0393. The van der Waals surface area contributed by atoms with Crippen LogP contribution >= 0.6 is 12.6 Å². The van der Waals surface area contributed by atoms with Crippen LogP contribution < -0.4 is 0 Å². The van der Waals surface area contributed by atoms with Crippen molar-refractivity contribution in [1.29, 1.82) is 0 Å². The third-order valence-electron chi connectivity index (χ3n) is 2.62. The lowest BCUT2D eigenvalue weighted by Gasteiger charge is -2.23. The molecule has 1 rings (SSSR count). The summed E-state index contributed by atoms with van der Waals surface area (Å²) in [7, 11) is 1.61. The number of carbonyl (C=O) groups is 1. The molecule has 0 radical (unpaired) electrons. The van der Waals surface area contributed by atoms with Gasteiger partial charge in [-0.1, -0.05) is 0 Å². The van der Waals surface area contributed by atoms with Crippen molar-refractivity contribution in [1.82, 2.24) is 4.90 Å². The number of thiol groups is 1. The first-order valence-corrected chi connectivity index (χ1v) is 5.89. The Hall–Kier alpha value is -0.260. The fourth-order valence-electron chi connectivity index (χ4n) is 1.92. The van der Waals surface area contributed by atoms with Crippen molar-refractivity contribution in [3.05, 3.63) is 0 Å². The van der Waals surface area contributed by atoms with Crippen molar-refractivity contribution in [2.45, 2.75) is 31.4 Å². The molecule has 0 bridgehead atoms. The third kappa shape index (κ3) is 3.66. The molecule has 88 valence electrons. The Morgan fingerprint density at radius 2 is 2.40 bits per heavy atom. The quantitative estimate of drug-likeness (QED) is 0.672. The van der Waals surface area contributed by atoms with Gasteiger partial charge in [0.15, 0.2) is 0 Å². The van der Waals surface area contributed by atoms with Crippen molar-refractivity contribution >= 4 is 18.5 Å². The highest BCUT2D eigenvalue weighted by Gasteiger charge is 2.33. The summed E-state index contributed by atoms with van der Waals surface area (Å²) in [5, 5.41) is 9.51. The average molecular weight is 233 g/mol. The number of amides is 1. The van der Waals surface area contributed by atoms with Gasteiger partial charge in [0.1, 0.15) is 0 Å². The van der Waals surface area contributed by atoms with E-state index in [1.807, 2.05) is 0 Å². The molecule has 1 aliphatic heterocycles. The molecule has 0 spiro atoms. The molecular formula is C10H19NO3S. The maximum absolute atomic E-state index is 11.8. The molecule has 1 N–H and O–H groups in total. The predicted molar refractivity (Wildman–Crippen MR) is 61.1 cm³/mol. The zero-order valence-corrected chi connectivity index (χ0v) is 9.95. The average Bonchev–Trinajstić information content (AvgIpc) is 2.57. The molecule has 2 atom stereocenters. The van der Waals surface area contributed by atoms with Crippen LogP contribution in [0.2, 0.25) is 0 Å². The molecule has 1 aliphatic rings. The van der Waals surface area contributed by atoms with Gasteiger partial charge in [0.2, 0.25) is 5.91 Å². The second-order valence-electron chi connectivity index (χ2n) is 3.87. The minimum Gasteiger partial charge on any atom is -0.391 e. The Balaban J connectivity index is 2.46. The number of hydrogen-bond donors (Lipinski definition) is 2. The fraction of sp³-hybridized carbons (Fsp3) is 0.900. The summed E-state index contributed by atoms with van der Waals surface area (Å²) in [5.41, 5.74) is 0. The molecule has 0 saturated carbocycles. The molecular weight excluding hydrogens is 214 g/mol. The number of methoxy groups -OCH3 is 1. The van der Waals surface area contributed by atoms with E-state index in [0.29, 0.717) is 26.0 Å². The number of ether oxygens (including phenoxy) is 1. The smallest absolute Gasteiger partial charge is 0.223 e. The van der Waals surface area contributed by atoms with Gasteiger partial charge >= 0.3 is 0 Å². The zero-order chi connectivity index (χ0) is 11.3. The van der Waals surface area contributed by atoms with Gasteiger partial charge in [-0.3, -0.25) is 4.79 Å². The van der Waals surface area contributed by atoms with E-state index >= 15 is 0 Å². The van der Waals surface area contributed by atoms with E-state index in [4.69, 9.17) is 4.74 Å². The van der Waals surface area contributed by atoms with Gasteiger partial charge in [-0.05, 0) is 18.6 Å². The van der Waals surface area contributed by atoms with Crippen molar-refractivity contribution in [3.63, 3.8) is 0 Å². The summed E-state index contributed by atoms with van der Waals surface area (Å²) >= 11 is 4.07. The summed E-state index contributed by atoms with van der Waals surface area (Å²) in [5.74, 6) is 0.819. The molecule has 1 saturated heterocycles. The lowest BCUT2D eigenvalue weighted by molar-refractivity contribution is -0.133. The van der Waals surface area contributed by atoms with Crippen LogP contribution in [0.4, 0.5) is 0 Å². The highest BCUT2D eigenvalue weighted by atomic mass is 32.1. The topological polar surface area (TPSA) is 49.8 Å². The molecule has 4 nitrogen and oxygen atoms in total. The summed E-state index contributed by atoms with van der Waals surface area (Å²) in [6, 6.07) is 0.0393. The first-order chi connectivity index (χ1) is 7.19. The highest BCUT2D eigenvalue weighted by molar-refractivity contribution is 7.80. The van der Waals surface area contributed by atoms with Crippen molar-refractivity contribution in [2.24, 2.45) is 0 Å². The van der Waals surface area contributed by atoms with Crippen LogP contribution in [0.25, 0.3) is 0 Å². The number of hydrogen-bond acceptors (Lipinski definition) is 4. The zero-order valence-electron chi connectivity index (χ0n) is 9.06. The number of nitrogens with zero attached hydrogens (tertiary/aromatic N) is 1. The molecule has 15 heavy (non-hydrogen) atoms. The second-order valence-corrected chi connectivity index (χ2v) is 4.32. The molecule has 0 aromatic rings. The monoisotopic (exact) mass is 233 g/mol. The van der Waals surface area contributed by atoms with Crippen LogP contribution in [0, 0.1) is 0 Å². The van der Waals surface area contributed by atoms with Gasteiger partial charge in [0.25, 0.3) is 0 Å². The number of aliphatic hydroxyl groups is 1. The van der Waals surface area contributed by atoms with E-state index in [9.17, 15) is 9.90 Å². The van der Waals surface area contributed by atoms with Gasteiger partial charge in [0.05, 0.1) is 18.8 Å². The minimum atomic E-state index is -0.398. The molecule has 0 unspecified atom stereocenters. The molecule has 0 aliphatic carbocycles. The lowest BCUT2D eigenvalue weighted by Crippen LogP contribution is -2.38. The van der Waals surface area contributed by atoms with Gasteiger partial charge in [-0.15, -0.1) is 0 Å². The van der Waals surface area contributed by atoms with E-state index in [-0.39, 0.29) is 11.9 Å². The van der Waals surface area contributed by atoms with Gasteiger partial charge in [0, 0.05) is 20.1 Å². The summed E-state index contributed by atoms with van der Waals surface area (Å²) in [6.45, 7) is 0.948. The van der Waals surface area contributed by atoms with Crippen LogP contribution in [-0.2, 0) is 9.53 Å². The van der Waals surface area contributed by atoms with Gasteiger partial charge in [-0.2, -0.15) is 12.6 Å². The number of likely N-dealkylation sites (tertiary alicyclic amines) is 1. The summed E-state index contributed by atoms with van der Waals surface area (Å²) in [6.07, 6.45) is 1.52. The van der Waals surface area contributed by atoms with E-state index < -0.39 is 6.10 Å². The van der Waals surface area contributed by atoms with E-state index in [0.717, 1.165) is 12.2 Å². The van der Waals surface area contributed by atoms with E-state index in [1.165, 1.54) is 0 Å². The molecule has 5 heteroatoms. The Kier molecular flexibility index (Phi) is 5.42. The van der Waals surface area contributed by atoms with Crippen LogP contribution in [0.1, 0.15) is 19.3 Å². The molecule has 0 aromatic heterocycles. The summed E-state index contributed by atoms with van der Waals surface area (Å²) in [4.78, 5) is 13.5. The van der Waals surface area contributed by atoms with Crippen molar-refractivity contribution in [3.8, 4) is 0 Å². The Morgan fingerprint density at radius 1 is 1.67 bits per heavy atom.